The van der Waals surface area contributed by atoms with Crippen LogP contribution in [0.4, 0.5) is 0 Å². The highest BCUT2D eigenvalue weighted by molar-refractivity contribution is 6.19. The van der Waals surface area contributed by atoms with E-state index < -0.39 is 0 Å². The largest absolute Gasteiger partial charge is 0.496 e. The van der Waals surface area contributed by atoms with Crippen LogP contribution >= 0.6 is 0 Å². The number of carbonyl (C=O) groups excluding carboxylic acids is 1. The highest BCUT2D eigenvalue weighted by atomic mass is 16.5. The molecule has 2 aromatic carbocycles. The summed E-state index contributed by atoms with van der Waals surface area (Å²) in [5, 5.41) is 2.83. The Kier molecular flexibility index (Phi) is 3.98. The molecule has 0 aromatic heterocycles. The fourth-order valence-corrected chi connectivity index (χ4v) is 2.43. The molecule has 0 fully saturated rings. The normalized spacial score (nSPS) is 15.5. The van der Waals surface area contributed by atoms with Gasteiger partial charge in [0.25, 0.3) is 5.91 Å². The molecule has 0 atom stereocenters. The van der Waals surface area contributed by atoms with Crippen LogP contribution in [0.15, 0.2) is 53.2 Å². The minimum absolute atomic E-state index is 0.205. The Morgan fingerprint density at radius 1 is 1.09 bits per heavy atom. The number of amides is 1. The summed E-state index contributed by atoms with van der Waals surface area (Å²) in [4.78, 5) is 16.6. The number of methoxy groups -OCH3 is 1. The zero-order valence-corrected chi connectivity index (χ0v) is 13.4. The number of aliphatic imine (C=N–C) groups is 1. The summed E-state index contributed by atoms with van der Waals surface area (Å²) in [5.41, 5.74) is 4.49. The topological polar surface area (TPSA) is 50.7 Å². The first-order valence-electron chi connectivity index (χ1n) is 7.41. The first-order valence-corrected chi connectivity index (χ1v) is 7.41. The summed E-state index contributed by atoms with van der Waals surface area (Å²) in [5.74, 6) is 1.09. The lowest BCUT2D eigenvalue weighted by Gasteiger charge is -2.04. The van der Waals surface area contributed by atoms with E-state index in [9.17, 15) is 4.79 Å². The molecule has 1 N–H and O–H groups in total. The molecule has 1 aliphatic rings. The smallest absolute Gasteiger partial charge is 0.275 e. The van der Waals surface area contributed by atoms with Gasteiger partial charge in [0.2, 0.25) is 0 Å². The maximum atomic E-state index is 12.2. The van der Waals surface area contributed by atoms with Crippen molar-refractivity contribution in [2.45, 2.75) is 13.8 Å². The second kappa shape index (κ2) is 6.08. The van der Waals surface area contributed by atoms with Crippen molar-refractivity contribution >= 4 is 17.8 Å². The highest BCUT2D eigenvalue weighted by Crippen LogP contribution is 2.23. The molecule has 23 heavy (non-hydrogen) atoms. The van der Waals surface area contributed by atoms with E-state index in [-0.39, 0.29) is 5.91 Å². The number of rotatable bonds is 3. The van der Waals surface area contributed by atoms with Crippen molar-refractivity contribution in [3.05, 3.63) is 70.4 Å². The van der Waals surface area contributed by atoms with Gasteiger partial charge in [0.05, 0.1) is 7.11 Å². The van der Waals surface area contributed by atoms with E-state index in [1.807, 2.05) is 49.4 Å². The number of nitrogens with one attached hydrogen (secondary N) is 1. The molecule has 0 unspecified atom stereocenters. The first-order chi connectivity index (χ1) is 11.1. The summed E-state index contributed by atoms with van der Waals surface area (Å²) in [6.07, 6.45) is 1.74. The van der Waals surface area contributed by atoms with Crippen LogP contribution < -0.4 is 10.1 Å². The van der Waals surface area contributed by atoms with Gasteiger partial charge < -0.3 is 10.1 Å². The monoisotopic (exact) mass is 306 g/mol. The van der Waals surface area contributed by atoms with Crippen LogP contribution in [0.5, 0.6) is 5.75 Å². The molecule has 2 aromatic rings. The Labute approximate surface area is 135 Å². The van der Waals surface area contributed by atoms with E-state index in [0.29, 0.717) is 17.3 Å². The predicted molar refractivity (Wildman–Crippen MR) is 91.6 cm³/mol. The first kappa shape index (κ1) is 15.0. The summed E-state index contributed by atoms with van der Waals surface area (Å²) < 4.78 is 5.31. The molecule has 0 aliphatic carbocycles. The molecule has 1 heterocycles. The SMILES string of the molecule is COc1ccccc1/C=C1\N=C(c2ccc(C)c(C)c2)NC1=O. The third kappa shape index (κ3) is 3.01. The van der Waals surface area contributed by atoms with Gasteiger partial charge in [-0.15, -0.1) is 0 Å². The van der Waals surface area contributed by atoms with E-state index in [0.717, 1.165) is 11.1 Å². The van der Waals surface area contributed by atoms with E-state index in [1.54, 1.807) is 13.2 Å². The van der Waals surface area contributed by atoms with Crippen LogP contribution in [0.3, 0.4) is 0 Å². The van der Waals surface area contributed by atoms with Crippen LogP contribution in [0.2, 0.25) is 0 Å². The highest BCUT2D eigenvalue weighted by Gasteiger charge is 2.21. The van der Waals surface area contributed by atoms with Crippen LogP contribution in [0, 0.1) is 13.8 Å². The lowest BCUT2D eigenvalue weighted by atomic mass is 10.1. The fraction of sp³-hybridized carbons (Fsp3) is 0.158. The minimum atomic E-state index is -0.205. The molecule has 0 radical (unpaired) electrons. The zero-order valence-electron chi connectivity index (χ0n) is 13.4. The second-order valence-corrected chi connectivity index (χ2v) is 5.49. The number of hydrogen-bond acceptors (Lipinski definition) is 3. The van der Waals surface area contributed by atoms with Crippen molar-refractivity contribution in [1.82, 2.24) is 5.32 Å². The molecule has 0 saturated heterocycles. The van der Waals surface area contributed by atoms with Gasteiger partial charge in [-0.25, -0.2) is 4.99 Å². The molecular formula is C19H18N2O2. The van der Waals surface area contributed by atoms with Gasteiger partial charge in [0, 0.05) is 11.1 Å². The Morgan fingerprint density at radius 2 is 1.87 bits per heavy atom. The maximum absolute atomic E-state index is 12.2. The van der Waals surface area contributed by atoms with Crippen molar-refractivity contribution in [2.24, 2.45) is 4.99 Å². The van der Waals surface area contributed by atoms with Crippen molar-refractivity contribution in [1.29, 1.82) is 0 Å². The number of benzene rings is 2. The number of amidine groups is 1. The molecule has 1 amide bonds. The summed E-state index contributed by atoms with van der Waals surface area (Å²) in [7, 11) is 1.61. The standard InChI is InChI=1S/C19H18N2O2/c1-12-8-9-15(10-13(12)2)18-20-16(19(22)21-18)11-14-6-4-5-7-17(14)23-3/h4-11H,1-3H3,(H,20,21,22)/b16-11-. The van der Waals surface area contributed by atoms with Gasteiger partial charge in [0.1, 0.15) is 17.3 Å². The van der Waals surface area contributed by atoms with Gasteiger partial charge >= 0.3 is 0 Å². The van der Waals surface area contributed by atoms with Crippen molar-refractivity contribution in [3.8, 4) is 5.75 Å². The summed E-state index contributed by atoms with van der Waals surface area (Å²) in [6, 6.07) is 13.6. The number of nitrogens with zero attached hydrogens (tertiary/aromatic N) is 1. The summed E-state index contributed by atoms with van der Waals surface area (Å²) in [6.45, 7) is 4.10. The number of para-hydroxylation sites is 1. The van der Waals surface area contributed by atoms with E-state index in [1.165, 1.54) is 11.1 Å². The molecule has 0 bridgehead atoms. The molecule has 0 spiro atoms. The van der Waals surface area contributed by atoms with E-state index in [2.05, 4.69) is 17.2 Å². The number of carbonyl (C=O) groups is 1. The average Bonchev–Trinajstić information content (AvgIpc) is 2.91. The van der Waals surface area contributed by atoms with E-state index >= 15 is 0 Å². The van der Waals surface area contributed by atoms with Crippen molar-refractivity contribution in [2.75, 3.05) is 7.11 Å². The molecule has 3 rings (SSSR count). The molecule has 4 nitrogen and oxygen atoms in total. The third-order valence-corrected chi connectivity index (χ3v) is 3.91. The lowest BCUT2D eigenvalue weighted by molar-refractivity contribution is -0.115. The van der Waals surface area contributed by atoms with Gasteiger partial charge in [-0.2, -0.15) is 0 Å². The minimum Gasteiger partial charge on any atom is -0.496 e. The number of ether oxygens (including phenoxy) is 1. The van der Waals surface area contributed by atoms with Gasteiger partial charge in [0.15, 0.2) is 0 Å². The second-order valence-electron chi connectivity index (χ2n) is 5.49. The molecule has 1 aliphatic heterocycles. The quantitative estimate of drug-likeness (QED) is 0.885. The van der Waals surface area contributed by atoms with Crippen LogP contribution in [0.1, 0.15) is 22.3 Å². The Morgan fingerprint density at radius 3 is 2.61 bits per heavy atom. The Balaban J connectivity index is 1.98. The van der Waals surface area contributed by atoms with Crippen LogP contribution in [-0.2, 0) is 4.79 Å². The van der Waals surface area contributed by atoms with Crippen molar-refractivity contribution in [3.63, 3.8) is 0 Å². The van der Waals surface area contributed by atoms with Gasteiger partial charge in [-0.3, -0.25) is 4.79 Å². The van der Waals surface area contributed by atoms with Crippen LogP contribution in [-0.4, -0.2) is 18.9 Å². The zero-order chi connectivity index (χ0) is 16.4. The van der Waals surface area contributed by atoms with E-state index in [4.69, 9.17) is 4.74 Å². The van der Waals surface area contributed by atoms with Crippen molar-refractivity contribution < 1.29 is 9.53 Å². The Bertz CT molecular complexity index is 835. The van der Waals surface area contributed by atoms with Gasteiger partial charge in [-0.1, -0.05) is 30.3 Å². The molecular weight excluding hydrogens is 288 g/mol. The summed E-state index contributed by atoms with van der Waals surface area (Å²) >= 11 is 0. The Hall–Kier alpha value is -2.88. The fourth-order valence-electron chi connectivity index (χ4n) is 2.43. The van der Waals surface area contributed by atoms with Crippen LogP contribution in [0.25, 0.3) is 6.08 Å². The molecule has 116 valence electrons. The maximum Gasteiger partial charge on any atom is 0.275 e. The number of hydrogen-bond donors (Lipinski definition) is 1. The third-order valence-electron chi connectivity index (χ3n) is 3.91. The number of aryl methyl sites for hydroxylation is 2. The molecule has 0 saturated carbocycles. The van der Waals surface area contributed by atoms with Gasteiger partial charge in [-0.05, 0) is 43.2 Å². The average molecular weight is 306 g/mol. The predicted octanol–water partition coefficient (Wildman–Crippen LogP) is 3.23. The lowest BCUT2D eigenvalue weighted by Crippen LogP contribution is -2.24. The molecule has 4 heteroatoms.